The van der Waals surface area contributed by atoms with Gasteiger partial charge in [-0.25, -0.2) is 8.78 Å². The van der Waals surface area contributed by atoms with Crippen molar-refractivity contribution in [1.29, 1.82) is 0 Å². The molecule has 3 aromatic carbocycles. The third-order valence-electron chi connectivity index (χ3n) is 6.62. The van der Waals surface area contributed by atoms with Gasteiger partial charge in [-0.15, -0.1) is 0 Å². The van der Waals surface area contributed by atoms with Crippen LogP contribution in [0.5, 0.6) is 11.5 Å². The molecule has 0 aromatic heterocycles. The van der Waals surface area contributed by atoms with E-state index in [0.717, 1.165) is 23.6 Å². The summed E-state index contributed by atoms with van der Waals surface area (Å²) in [7, 11) is 0. The predicted octanol–water partition coefficient (Wildman–Crippen LogP) is 6.07. The Morgan fingerprint density at radius 2 is 1.79 bits per heavy atom. The number of carbonyl (C=O) groups is 1. The highest BCUT2D eigenvalue weighted by atomic mass is 35.5. The molecule has 2 aliphatic rings. The maximum absolute atomic E-state index is 14.7. The molecule has 4 nitrogen and oxygen atoms in total. The second kappa shape index (κ2) is 8.76. The van der Waals surface area contributed by atoms with Gasteiger partial charge in [-0.2, -0.15) is 0 Å². The minimum Gasteiger partial charge on any atom is -0.454 e. The Labute approximate surface area is 196 Å². The maximum atomic E-state index is 14.7. The van der Waals surface area contributed by atoms with E-state index < -0.39 is 11.6 Å². The molecule has 33 heavy (non-hydrogen) atoms. The van der Waals surface area contributed by atoms with Gasteiger partial charge in [0.25, 0.3) is 5.91 Å². The number of hydrogen-bond acceptors (Lipinski definition) is 3. The first kappa shape index (κ1) is 21.9. The fourth-order valence-electron chi connectivity index (χ4n) is 4.93. The molecule has 0 radical (unpaired) electrons. The number of hydrogen-bond donors (Lipinski definition) is 0. The van der Waals surface area contributed by atoms with E-state index in [1.165, 1.54) is 36.4 Å². The second-order valence-corrected chi connectivity index (χ2v) is 9.00. The average Bonchev–Trinajstić information content (AvgIpc) is 3.42. The standard InChI is InChI=1S/C26H23ClF2N2O2/c1-16(22-4-2-3-5-23(22)27)30-14-20-13-19(30)15-31(20)26(32)17-6-11-25(24(29)12-17)33-21-9-7-18(28)8-10-21/h2-12,16,19-20H,13-15H2,1H3. The summed E-state index contributed by atoms with van der Waals surface area (Å²) in [5.74, 6) is -0.911. The molecule has 2 heterocycles. The number of amides is 1. The Hall–Kier alpha value is -2.96. The molecule has 0 aliphatic carbocycles. The van der Waals surface area contributed by atoms with Gasteiger partial charge >= 0.3 is 0 Å². The summed E-state index contributed by atoms with van der Waals surface area (Å²) in [6.07, 6.45) is 0.898. The van der Waals surface area contributed by atoms with E-state index in [1.807, 2.05) is 29.2 Å². The third kappa shape index (κ3) is 4.21. The number of carbonyl (C=O) groups excluding carboxylic acids is 1. The summed E-state index contributed by atoms with van der Waals surface area (Å²) in [6, 6.07) is 17.9. The molecule has 3 aromatic rings. The summed E-state index contributed by atoms with van der Waals surface area (Å²) in [5.41, 5.74) is 1.38. The zero-order valence-corrected chi connectivity index (χ0v) is 18.8. The summed E-state index contributed by atoms with van der Waals surface area (Å²) in [6.45, 7) is 3.51. The lowest BCUT2D eigenvalue weighted by atomic mass is 10.1. The van der Waals surface area contributed by atoms with Gasteiger partial charge in [0.05, 0.1) is 0 Å². The van der Waals surface area contributed by atoms with Gasteiger partial charge in [-0.3, -0.25) is 9.69 Å². The van der Waals surface area contributed by atoms with Crippen LogP contribution in [0.25, 0.3) is 0 Å². The lowest BCUT2D eigenvalue weighted by Gasteiger charge is -2.38. The fraction of sp³-hybridized carbons (Fsp3) is 0.269. The zero-order chi connectivity index (χ0) is 23.1. The van der Waals surface area contributed by atoms with Crippen molar-refractivity contribution in [3.05, 3.63) is 94.5 Å². The first-order valence-electron chi connectivity index (χ1n) is 10.9. The van der Waals surface area contributed by atoms with Gasteiger partial charge in [0, 0.05) is 41.8 Å². The summed E-state index contributed by atoms with van der Waals surface area (Å²) < 4.78 is 33.2. The molecule has 2 aliphatic heterocycles. The Bertz CT molecular complexity index is 1190. The van der Waals surface area contributed by atoms with Crippen molar-refractivity contribution in [3.63, 3.8) is 0 Å². The van der Waals surface area contributed by atoms with Crippen LogP contribution in [0.15, 0.2) is 66.7 Å². The SMILES string of the molecule is CC(c1ccccc1Cl)N1CC2CC1CN2C(=O)c1ccc(Oc2ccc(F)cc2)c(F)c1. The molecule has 1 amide bonds. The number of piperazine rings is 1. The molecule has 2 saturated heterocycles. The first-order valence-corrected chi connectivity index (χ1v) is 11.3. The third-order valence-corrected chi connectivity index (χ3v) is 6.96. The molecule has 170 valence electrons. The number of benzene rings is 3. The molecule has 0 N–H and O–H groups in total. The minimum absolute atomic E-state index is 0.0131. The van der Waals surface area contributed by atoms with Crippen LogP contribution in [-0.4, -0.2) is 40.9 Å². The van der Waals surface area contributed by atoms with Crippen LogP contribution >= 0.6 is 11.6 Å². The molecular weight excluding hydrogens is 446 g/mol. The van der Waals surface area contributed by atoms with Crippen molar-refractivity contribution in [3.8, 4) is 11.5 Å². The Kier molecular flexibility index (Phi) is 5.81. The maximum Gasteiger partial charge on any atom is 0.254 e. The van der Waals surface area contributed by atoms with Gasteiger partial charge in [0.1, 0.15) is 11.6 Å². The molecule has 7 heteroatoms. The zero-order valence-electron chi connectivity index (χ0n) is 18.0. The summed E-state index contributed by atoms with van der Waals surface area (Å²) >= 11 is 6.39. The Morgan fingerprint density at radius 3 is 2.45 bits per heavy atom. The van der Waals surface area contributed by atoms with Crippen molar-refractivity contribution >= 4 is 17.5 Å². The van der Waals surface area contributed by atoms with E-state index in [4.69, 9.17) is 16.3 Å². The average molecular weight is 469 g/mol. The van der Waals surface area contributed by atoms with Crippen LogP contribution in [0, 0.1) is 11.6 Å². The van der Waals surface area contributed by atoms with Crippen LogP contribution < -0.4 is 4.74 Å². The number of ether oxygens (including phenoxy) is 1. The molecule has 2 bridgehead atoms. The highest BCUT2D eigenvalue weighted by molar-refractivity contribution is 6.31. The lowest BCUT2D eigenvalue weighted by molar-refractivity contribution is 0.0569. The molecule has 0 spiro atoms. The quantitative estimate of drug-likeness (QED) is 0.455. The highest BCUT2D eigenvalue weighted by Gasteiger charge is 2.47. The Balaban J connectivity index is 1.26. The van der Waals surface area contributed by atoms with Crippen molar-refractivity contribution < 1.29 is 18.3 Å². The molecule has 5 rings (SSSR count). The van der Waals surface area contributed by atoms with Crippen LogP contribution in [0.4, 0.5) is 8.78 Å². The molecule has 3 unspecified atom stereocenters. The van der Waals surface area contributed by atoms with E-state index in [0.29, 0.717) is 12.3 Å². The van der Waals surface area contributed by atoms with Crippen LogP contribution in [0.3, 0.4) is 0 Å². The topological polar surface area (TPSA) is 32.8 Å². The van der Waals surface area contributed by atoms with E-state index in [2.05, 4.69) is 11.8 Å². The number of halogens is 3. The predicted molar refractivity (Wildman–Crippen MR) is 123 cm³/mol. The molecular formula is C26H23ClF2N2O2. The van der Waals surface area contributed by atoms with Crippen molar-refractivity contribution in [2.24, 2.45) is 0 Å². The van der Waals surface area contributed by atoms with E-state index in [-0.39, 0.29) is 35.3 Å². The molecule has 2 fully saturated rings. The van der Waals surface area contributed by atoms with E-state index in [1.54, 1.807) is 6.07 Å². The number of likely N-dealkylation sites (tertiary alicyclic amines) is 2. The number of fused-ring (bicyclic) bond motifs is 2. The van der Waals surface area contributed by atoms with Crippen molar-refractivity contribution in [2.75, 3.05) is 13.1 Å². The normalized spacial score (nSPS) is 20.8. The van der Waals surface area contributed by atoms with Crippen LogP contribution in [-0.2, 0) is 0 Å². The van der Waals surface area contributed by atoms with Gasteiger partial charge in [0.2, 0.25) is 0 Å². The van der Waals surface area contributed by atoms with Crippen molar-refractivity contribution in [2.45, 2.75) is 31.5 Å². The number of rotatable bonds is 5. The second-order valence-electron chi connectivity index (χ2n) is 8.60. The van der Waals surface area contributed by atoms with Crippen LogP contribution in [0.2, 0.25) is 5.02 Å². The van der Waals surface area contributed by atoms with E-state index in [9.17, 15) is 13.6 Å². The molecule has 3 atom stereocenters. The van der Waals surface area contributed by atoms with Gasteiger partial charge in [0.15, 0.2) is 11.6 Å². The minimum atomic E-state index is -0.636. The summed E-state index contributed by atoms with van der Waals surface area (Å²) in [5, 5.41) is 0.749. The summed E-state index contributed by atoms with van der Waals surface area (Å²) in [4.78, 5) is 17.4. The van der Waals surface area contributed by atoms with E-state index >= 15 is 0 Å². The highest BCUT2D eigenvalue weighted by Crippen LogP contribution is 2.39. The smallest absolute Gasteiger partial charge is 0.254 e. The van der Waals surface area contributed by atoms with Crippen LogP contribution in [0.1, 0.15) is 35.3 Å². The largest absolute Gasteiger partial charge is 0.454 e. The Morgan fingerprint density at radius 1 is 1.03 bits per heavy atom. The molecule has 0 saturated carbocycles. The first-order chi connectivity index (χ1) is 15.9. The van der Waals surface area contributed by atoms with Gasteiger partial charge in [-0.05, 0) is 67.4 Å². The number of nitrogens with zero attached hydrogens (tertiary/aromatic N) is 2. The van der Waals surface area contributed by atoms with Gasteiger partial charge < -0.3 is 9.64 Å². The van der Waals surface area contributed by atoms with Gasteiger partial charge in [-0.1, -0.05) is 29.8 Å². The fourth-order valence-corrected chi connectivity index (χ4v) is 5.22. The lowest BCUT2D eigenvalue weighted by Crippen LogP contribution is -2.49. The van der Waals surface area contributed by atoms with Crippen molar-refractivity contribution in [1.82, 2.24) is 9.80 Å². The monoisotopic (exact) mass is 468 g/mol.